The molecule has 1 heterocycles. The molecule has 1 aromatic carbocycles. The van der Waals surface area contributed by atoms with Gasteiger partial charge >= 0.3 is 0 Å². The van der Waals surface area contributed by atoms with E-state index >= 15 is 0 Å². The van der Waals surface area contributed by atoms with Gasteiger partial charge in [-0.1, -0.05) is 24.3 Å². The van der Waals surface area contributed by atoms with E-state index in [9.17, 15) is 0 Å². The minimum Gasteiger partial charge on any atom is -0.381 e. The van der Waals surface area contributed by atoms with Gasteiger partial charge in [-0.3, -0.25) is 4.98 Å². The monoisotopic (exact) mass is 266 g/mol. The molecule has 1 aliphatic rings. The quantitative estimate of drug-likeness (QED) is 0.892. The predicted octanol–water partition coefficient (Wildman–Crippen LogP) is 4.36. The van der Waals surface area contributed by atoms with E-state index in [1.807, 2.05) is 6.92 Å². The van der Waals surface area contributed by atoms with Gasteiger partial charge in [-0.2, -0.15) is 0 Å². The molecule has 104 valence electrons. The Morgan fingerprint density at radius 2 is 1.75 bits per heavy atom. The lowest BCUT2D eigenvalue weighted by atomic mass is 9.74. The van der Waals surface area contributed by atoms with Gasteiger partial charge in [-0.05, 0) is 62.8 Å². The molecule has 0 radical (unpaired) electrons. The fourth-order valence-corrected chi connectivity index (χ4v) is 3.09. The molecule has 1 fully saturated rings. The number of hydrogen-bond acceptors (Lipinski definition) is 2. The zero-order chi connectivity index (χ0) is 14.1. The molecule has 1 aromatic heterocycles. The largest absolute Gasteiger partial charge is 0.381 e. The maximum atomic E-state index is 4.51. The number of benzene rings is 1. The van der Waals surface area contributed by atoms with Crippen LogP contribution in [0, 0.1) is 20.8 Å². The van der Waals surface area contributed by atoms with Gasteiger partial charge in [0.05, 0.1) is 11.4 Å². The van der Waals surface area contributed by atoms with Gasteiger partial charge in [-0.25, -0.2) is 0 Å². The van der Waals surface area contributed by atoms with Crippen molar-refractivity contribution in [1.82, 2.24) is 4.98 Å². The molecule has 0 amide bonds. The lowest BCUT2D eigenvalue weighted by molar-refractivity contribution is 0.373. The molecule has 0 saturated heterocycles. The first kappa shape index (κ1) is 13.2. The minimum absolute atomic E-state index is 0.586. The van der Waals surface area contributed by atoms with Crippen molar-refractivity contribution in [1.29, 1.82) is 0 Å². The molecular weight excluding hydrogens is 244 g/mol. The summed E-state index contributed by atoms with van der Waals surface area (Å²) in [5.74, 6) is 0.715. The molecule has 1 aliphatic carbocycles. The van der Waals surface area contributed by atoms with Crippen LogP contribution >= 0.6 is 0 Å². The van der Waals surface area contributed by atoms with E-state index in [2.05, 4.69) is 60.5 Å². The van der Waals surface area contributed by atoms with Gasteiger partial charge in [0.25, 0.3) is 0 Å². The van der Waals surface area contributed by atoms with Crippen LogP contribution < -0.4 is 5.32 Å². The Balaban J connectivity index is 1.62. The van der Waals surface area contributed by atoms with E-state index < -0.39 is 0 Å². The first-order chi connectivity index (χ1) is 9.63. The number of nitrogens with zero attached hydrogens (tertiary/aromatic N) is 1. The van der Waals surface area contributed by atoms with Gasteiger partial charge in [0.15, 0.2) is 0 Å². The first-order valence-electron chi connectivity index (χ1n) is 7.40. The highest BCUT2D eigenvalue weighted by molar-refractivity contribution is 5.49. The standard InChI is InChI=1S/C18H22N2/c1-12-6-4-5-7-17(12)15-10-16(11-15)20-18-9-8-13(2)19-14(18)3/h4-9,15-16,20H,10-11H2,1-3H3. The van der Waals surface area contributed by atoms with Gasteiger partial charge in [0, 0.05) is 11.7 Å². The van der Waals surface area contributed by atoms with Crippen molar-refractivity contribution in [3.05, 3.63) is 58.9 Å². The number of aromatic nitrogens is 1. The van der Waals surface area contributed by atoms with Crippen molar-refractivity contribution < 1.29 is 0 Å². The van der Waals surface area contributed by atoms with Crippen LogP contribution in [-0.4, -0.2) is 11.0 Å². The number of rotatable bonds is 3. The predicted molar refractivity (Wildman–Crippen MR) is 84.3 cm³/mol. The van der Waals surface area contributed by atoms with Crippen molar-refractivity contribution in [3.8, 4) is 0 Å². The van der Waals surface area contributed by atoms with Crippen LogP contribution in [0.25, 0.3) is 0 Å². The van der Waals surface area contributed by atoms with Crippen LogP contribution in [0.15, 0.2) is 36.4 Å². The SMILES string of the molecule is Cc1ccc(NC2CC(c3ccccc3C)C2)c(C)n1. The molecule has 0 spiro atoms. The molecule has 0 atom stereocenters. The van der Waals surface area contributed by atoms with Crippen LogP contribution in [-0.2, 0) is 0 Å². The lowest BCUT2D eigenvalue weighted by Gasteiger charge is -2.37. The topological polar surface area (TPSA) is 24.9 Å². The number of aryl methyl sites for hydroxylation is 3. The molecule has 2 nitrogen and oxygen atoms in total. The third-order valence-electron chi connectivity index (χ3n) is 4.35. The fraction of sp³-hybridized carbons (Fsp3) is 0.389. The summed E-state index contributed by atoms with van der Waals surface area (Å²) in [6.07, 6.45) is 2.44. The van der Waals surface area contributed by atoms with Crippen molar-refractivity contribution in [2.24, 2.45) is 0 Å². The average Bonchev–Trinajstić information content (AvgIpc) is 2.37. The third kappa shape index (κ3) is 2.55. The Kier molecular flexibility index (Phi) is 3.47. The second-order valence-corrected chi connectivity index (χ2v) is 5.95. The highest BCUT2D eigenvalue weighted by Gasteiger charge is 2.31. The summed E-state index contributed by atoms with van der Waals surface area (Å²) in [6, 6.07) is 13.6. The number of hydrogen-bond donors (Lipinski definition) is 1. The molecule has 2 heteroatoms. The van der Waals surface area contributed by atoms with Gasteiger partial charge in [0.1, 0.15) is 0 Å². The van der Waals surface area contributed by atoms with E-state index in [1.54, 1.807) is 0 Å². The molecule has 0 unspecified atom stereocenters. The van der Waals surface area contributed by atoms with Gasteiger partial charge in [-0.15, -0.1) is 0 Å². The van der Waals surface area contributed by atoms with Crippen molar-refractivity contribution in [2.75, 3.05) is 5.32 Å². The van der Waals surface area contributed by atoms with Crippen molar-refractivity contribution in [3.63, 3.8) is 0 Å². The maximum Gasteiger partial charge on any atom is 0.0606 e. The number of anilines is 1. The van der Waals surface area contributed by atoms with E-state index in [4.69, 9.17) is 0 Å². The Hall–Kier alpha value is -1.83. The number of pyridine rings is 1. The van der Waals surface area contributed by atoms with E-state index in [-0.39, 0.29) is 0 Å². The maximum absolute atomic E-state index is 4.51. The van der Waals surface area contributed by atoms with E-state index in [1.165, 1.54) is 29.7 Å². The first-order valence-corrected chi connectivity index (χ1v) is 7.40. The molecule has 0 aliphatic heterocycles. The Morgan fingerprint density at radius 3 is 2.45 bits per heavy atom. The van der Waals surface area contributed by atoms with Crippen molar-refractivity contribution >= 4 is 5.69 Å². The van der Waals surface area contributed by atoms with Crippen molar-refractivity contribution in [2.45, 2.75) is 45.6 Å². The Labute approximate surface area is 121 Å². The summed E-state index contributed by atoms with van der Waals surface area (Å²) in [6.45, 7) is 6.32. The summed E-state index contributed by atoms with van der Waals surface area (Å²) < 4.78 is 0. The highest BCUT2D eigenvalue weighted by Crippen LogP contribution is 2.39. The van der Waals surface area contributed by atoms with Gasteiger partial charge < -0.3 is 5.32 Å². The Morgan fingerprint density at radius 1 is 1.00 bits per heavy atom. The molecule has 1 N–H and O–H groups in total. The molecule has 2 aromatic rings. The summed E-state index contributed by atoms with van der Waals surface area (Å²) in [5.41, 5.74) is 6.31. The van der Waals surface area contributed by atoms with Crippen LogP contribution in [0.1, 0.15) is 41.3 Å². The van der Waals surface area contributed by atoms with Gasteiger partial charge in [0.2, 0.25) is 0 Å². The normalized spacial score (nSPS) is 21.4. The second kappa shape index (κ2) is 5.28. The van der Waals surface area contributed by atoms with Crippen LogP contribution in [0.3, 0.4) is 0 Å². The molecule has 3 rings (SSSR count). The van der Waals surface area contributed by atoms with Crippen LogP contribution in [0.2, 0.25) is 0 Å². The lowest BCUT2D eigenvalue weighted by Crippen LogP contribution is -2.34. The molecule has 1 saturated carbocycles. The molecular formula is C18H22N2. The van der Waals surface area contributed by atoms with Crippen LogP contribution in [0.5, 0.6) is 0 Å². The zero-order valence-corrected chi connectivity index (χ0v) is 12.5. The van der Waals surface area contributed by atoms with E-state index in [0.29, 0.717) is 12.0 Å². The van der Waals surface area contributed by atoms with E-state index in [0.717, 1.165) is 11.4 Å². The zero-order valence-electron chi connectivity index (χ0n) is 12.5. The third-order valence-corrected chi connectivity index (χ3v) is 4.35. The van der Waals surface area contributed by atoms with Crippen LogP contribution in [0.4, 0.5) is 5.69 Å². The summed E-state index contributed by atoms with van der Waals surface area (Å²) in [4.78, 5) is 4.51. The average molecular weight is 266 g/mol. The second-order valence-electron chi connectivity index (χ2n) is 5.95. The molecule has 0 bridgehead atoms. The number of nitrogens with one attached hydrogen (secondary N) is 1. The fourth-order valence-electron chi connectivity index (χ4n) is 3.09. The summed E-state index contributed by atoms with van der Waals surface area (Å²) in [7, 11) is 0. The Bertz CT molecular complexity index is 613. The summed E-state index contributed by atoms with van der Waals surface area (Å²) >= 11 is 0. The minimum atomic E-state index is 0.586. The smallest absolute Gasteiger partial charge is 0.0606 e. The molecule has 20 heavy (non-hydrogen) atoms. The summed E-state index contributed by atoms with van der Waals surface area (Å²) in [5, 5.41) is 3.63. The highest BCUT2D eigenvalue weighted by atomic mass is 15.0.